The van der Waals surface area contributed by atoms with Crippen LogP contribution in [0.1, 0.15) is 0 Å². The summed E-state index contributed by atoms with van der Waals surface area (Å²) < 4.78 is 60.8. The zero-order valence-electron chi connectivity index (χ0n) is 21.2. The predicted octanol–water partition coefficient (Wildman–Crippen LogP) is 5.72. The maximum absolute atomic E-state index is 14.2. The van der Waals surface area contributed by atoms with E-state index >= 15 is 0 Å². The highest BCUT2D eigenvalue weighted by Gasteiger charge is 2.22. The van der Waals surface area contributed by atoms with Crippen LogP contribution in [0.15, 0.2) is 83.9 Å². The highest BCUT2D eigenvalue weighted by Crippen LogP contribution is 2.34. The van der Waals surface area contributed by atoms with Crippen molar-refractivity contribution < 1.29 is 31.8 Å². The first-order valence-electron chi connectivity index (χ1n) is 11.9. The zero-order chi connectivity index (χ0) is 29.3. The molecule has 13 heteroatoms. The van der Waals surface area contributed by atoms with E-state index in [1.54, 1.807) is 48.5 Å². The Bertz CT molecular complexity index is 1940. The number of hydrogen-bond donors (Lipinski definition) is 4. The van der Waals surface area contributed by atoms with Crippen molar-refractivity contribution in [2.45, 2.75) is 4.90 Å². The van der Waals surface area contributed by atoms with Gasteiger partial charge in [-0.05, 0) is 59.7 Å². The summed E-state index contributed by atoms with van der Waals surface area (Å²) in [6.07, 6.45) is 0.275. The average molecular weight is 578 g/mol. The van der Waals surface area contributed by atoms with Gasteiger partial charge >= 0.3 is 6.09 Å². The Hall–Kier alpha value is -5.30. The van der Waals surface area contributed by atoms with Gasteiger partial charge in [-0.15, -0.1) is 0 Å². The molecule has 0 fully saturated rings. The number of carbonyl (C=O) groups is 1. The third kappa shape index (κ3) is 5.70. The number of sulfonamides is 1. The molecule has 3 aromatic carbocycles. The molecule has 0 aliphatic carbocycles. The molecule has 5 rings (SSSR count). The number of hydrogen-bond acceptors (Lipinski definition) is 7. The molecule has 1 amide bonds. The molecule has 2 aromatic heterocycles. The van der Waals surface area contributed by atoms with Gasteiger partial charge in [-0.1, -0.05) is 18.2 Å². The number of nitrogens with one attached hydrogen (secondary N) is 2. The number of amides is 1. The summed E-state index contributed by atoms with van der Waals surface area (Å²) in [4.78, 5) is 19.0. The minimum atomic E-state index is -4.46. The van der Waals surface area contributed by atoms with Gasteiger partial charge in [-0.3, -0.25) is 10.0 Å². The first kappa shape index (κ1) is 27.3. The number of methoxy groups -OCH3 is 1. The molecule has 208 valence electrons. The van der Waals surface area contributed by atoms with E-state index in [1.807, 2.05) is 0 Å². The standard InChI is InChI=1S/C28H21F2N5O5S/c1-40-27-24(35-41(38,39)25-8-6-19(29)13-22(25)30)12-18(14-32-27)15-5-7-23-17(9-15)11-21(26(31)34-23)16-3-2-4-20(10-16)33-28(36)37/h2-14,33,35H,1H3,(H2,31,34)(H,36,37). The van der Waals surface area contributed by atoms with Gasteiger partial charge in [-0.2, -0.15) is 0 Å². The van der Waals surface area contributed by atoms with Crippen LogP contribution < -0.4 is 20.5 Å². The molecule has 0 bridgehead atoms. The molecule has 0 spiro atoms. The Morgan fingerprint density at radius 1 is 0.976 bits per heavy atom. The SMILES string of the molecule is COc1ncc(-c2ccc3nc(N)c(-c4cccc(NC(=O)O)c4)cc3c2)cc1NS(=O)(=O)c1ccc(F)cc1F. The highest BCUT2D eigenvalue weighted by atomic mass is 32.2. The lowest BCUT2D eigenvalue weighted by Crippen LogP contribution is -2.15. The third-order valence-electron chi connectivity index (χ3n) is 6.07. The van der Waals surface area contributed by atoms with Gasteiger partial charge in [0.05, 0.1) is 12.6 Å². The van der Waals surface area contributed by atoms with E-state index in [0.717, 1.165) is 12.1 Å². The van der Waals surface area contributed by atoms with Crippen LogP contribution in [0.25, 0.3) is 33.2 Å². The Balaban J connectivity index is 1.54. The van der Waals surface area contributed by atoms with Crippen molar-refractivity contribution in [3.8, 4) is 28.1 Å². The number of anilines is 3. The maximum atomic E-state index is 14.2. The van der Waals surface area contributed by atoms with Gasteiger partial charge in [0.15, 0.2) is 0 Å². The molecule has 5 aromatic rings. The van der Waals surface area contributed by atoms with Crippen molar-refractivity contribution in [1.82, 2.24) is 9.97 Å². The monoisotopic (exact) mass is 577 g/mol. The number of nitrogen functional groups attached to an aromatic ring is 1. The van der Waals surface area contributed by atoms with Crippen LogP contribution in [-0.2, 0) is 10.0 Å². The minimum Gasteiger partial charge on any atom is -0.480 e. The van der Waals surface area contributed by atoms with Crippen molar-refractivity contribution >= 4 is 44.2 Å². The average Bonchev–Trinajstić information content (AvgIpc) is 2.91. The Labute approximate surface area is 232 Å². The molecular formula is C28H21F2N5O5S. The molecule has 0 aliphatic rings. The second kappa shape index (κ2) is 10.7. The van der Waals surface area contributed by atoms with Crippen molar-refractivity contribution in [3.63, 3.8) is 0 Å². The van der Waals surface area contributed by atoms with Crippen LogP contribution in [0.2, 0.25) is 0 Å². The molecule has 41 heavy (non-hydrogen) atoms. The van der Waals surface area contributed by atoms with Crippen molar-refractivity contribution in [1.29, 1.82) is 0 Å². The lowest BCUT2D eigenvalue weighted by Gasteiger charge is -2.14. The molecular weight excluding hydrogens is 556 g/mol. The van der Waals surface area contributed by atoms with Gasteiger partial charge in [0, 0.05) is 34.5 Å². The van der Waals surface area contributed by atoms with Gasteiger partial charge in [0.2, 0.25) is 5.88 Å². The molecule has 0 saturated heterocycles. The summed E-state index contributed by atoms with van der Waals surface area (Å²) in [5.41, 5.74) is 9.45. The van der Waals surface area contributed by atoms with Crippen molar-refractivity contribution in [2.75, 3.05) is 22.9 Å². The van der Waals surface area contributed by atoms with E-state index in [2.05, 4.69) is 20.0 Å². The number of rotatable bonds is 7. The lowest BCUT2D eigenvalue weighted by atomic mass is 10.0. The summed E-state index contributed by atoms with van der Waals surface area (Å²) in [7, 11) is -3.16. The summed E-state index contributed by atoms with van der Waals surface area (Å²) in [6.45, 7) is 0. The number of carboxylic acid groups (broad SMARTS) is 1. The van der Waals surface area contributed by atoms with Gasteiger partial charge in [-0.25, -0.2) is 32.0 Å². The number of benzene rings is 3. The van der Waals surface area contributed by atoms with E-state index in [9.17, 15) is 22.0 Å². The summed E-state index contributed by atoms with van der Waals surface area (Å²) in [5, 5.41) is 12.0. The number of nitrogens with two attached hydrogens (primary N) is 1. The minimum absolute atomic E-state index is 0.0623. The van der Waals surface area contributed by atoms with E-state index in [4.69, 9.17) is 15.6 Å². The van der Waals surface area contributed by atoms with E-state index in [-0.39, 0.29) is 17.4 Å². The number of pyridine rings is 2. The topological polar surface area (TPSA) is 157 Å². The van der Waals surface area contributed by atoms with Crippen LogP contribution in [0.4, 0.5) is 30.8 Å². The second-order valence-electron chi connectivity index (χ2n) is 8.80. The fourth-order valence-electron chi connectivity index (χ4n) is 4.23. The van der Waals surface area contributed by atoms with Crippen LogP contribution >= 0.6 is 0 Å². The summed E-state index contributed by atoms with van der Waals surface area (Å²) in [6, 6.07) is 17.4. The van der Waals surface area contributed by atoms with E-state index in [1.165, 1.54) is 19.4 Å². The fraction of sp³-hybridized carbons (Fsp3) is 0.0357. The molecule has 0 saturated carbocycles. The van der Waals surface area contributed by atoms with Crippen LogP contribution in [0.5, 0.6) is 5.88 Å². The molecule has 5 N–H and O–H groups in total. The van der Waals surface area contributed by atoms with E-state index < -0.39 is 32.6 Å². The first-order chi connectivity index (χ1) is 19.5. The van der Waals surface area contributed by atoms with Crippen LogP contribution in [0.3, 0.4) is 0 Å². The molecule has 0 aliphatic heterocycles. The first-order valence-corrected chi connectivity index (χ1v) is 13.4. The fourth-order valence-corrected chi connectivity index (χ4v) is 5.34. The second-order valence-corrected chi connectivity index (χ2v) is 10.5. The highest BCUT2D eigenvalue weighted by molar-refractivity contribution is 7.92. The van der Waals surface area contributed by atoms with Gasteiger partial charge < -0.3 is 15.6 Å². The number of fused-ring (bicyclic) bond motifs is 1. The van der Waals surface area contributed by atoms with E-state index in [0.29, 0.717) is 44.9 Å². The van der Waals surface area contributed by atoms with Crippen LogP contribution in [0, 0.1) is 11.6 Å². The normalized spacial score (nSPS) is 11.3. The quantitative estimate of drug-likeness (QED) is 0.191. The molecule has 0 atom stereocenters. The number of nitrogens with zero attached hydrogens (tertiary/aromatic N) is 2. The summed E-state index contributed by atoms with van der Waals surface area (Å²) in [5.74, 6) is -1.98. The predicted molar refractivity (Wildman–Crippen MR) is 150 cm³/mol. The Morgan fingerprint density at radius 2 is 1.78 bits per heavy atom. The number of halogens is 2. The number of aromatic nitrogens is 2. The molecule has 2 heterocycles. The molecule has 0 radical (unpaired) electrons. The maximum Gasteiger partial charge on any atom is 0.409 e. The largest absolute Gasteiger partial charge is 0.480 e. The smallest absolute Gasteiger partial charge is 0.409 e. The molecule has 0 unspecified atom stereocenters. The van der Waals surface area contributed by atoms with Gasteiger partial charge in [0.1, 0.15) is 28.0 Å². The zero-order valence-corrected chi connectivity index (χ0v) is 22.0. The van der Waals surface area contributed by atoms with Gasteiger partial charge in [0.25, 0.3) is 10.0 Å². The molecule has 10 nitrogen and oxygen atoms in total. The van der Waals surface area contributed by atoms with Crippen molar-refractivity contribution in [3.05, 3.63) is 90.6 Å². The number of ether oxygens (including phenoxy) is 1. The third-order valence-corrected chi connectivity index (χ3v) is 7.47. The Kier molecular flexibility index (Phi) is 7.11. The summed E-state index contributed by atoms with van der Waals surface area (Å²) >= 11 is 0. The Morgan fingerprint density at radius 3 is 2.51 bits per heavy atom. The lowest BCUT2D eigenvalue weighted by molar-refractivity contribution is 0.209. The van der Waals surface area contributed by atoms with Crippen molar-refractivity contribution in [2.24, 2.45) is 0 Å². The van der Waals surface area contributed by atoms with Crippen LogP contribution in [-0.4, -0.2) is 36.7 Å².